The molecule has 3 nitrogen and oxygen atoms in total. The van der Waals surface area contributed by atoms with Crippen molar-refractivity contribution in [1.29, 1.82) is 0 Å². The summed E-state index contributed by atoms with van der Waals surface area (Å²) in [5, 5.41) is 4.10. The van der Waals surface area contributed by atoms with Gasteiger partial charge in [0, 0.05) is 22.3 Å². The van der Waals surface area contributed by atoms with Crippen molar-refractivity contribution >= 4 is 33.2 Å². The van der Waals surface area contributed by atoms with Gasteiger partial charge in [-0.3, -0.25) is 0 Å². The Morgan fingerprint density at radius 1 is 1.19 bits per heavy atom. The quantitative estimate of drug-likeness (QED) is 0.677. The van der Waals surface area contributed by atoms with Crippen LogP contribution in [0.1, 0.15) is 5.56 Å². The molecule has 0 saturated carbocycles. The molecule has 0 fully saturated rings. The number of nitrogens with zero attached hydrogens (tertiary/aromatic N) is 1. The fourth-order valence-electron chi connectivity index (χ4n) is 1.99. The molecule has 0 spiro atoms. The molecule has 3 rings (SSSR count). The van der Waals surface area contributed by atoms with Crippen LogP contribution in [-0.2, 0) is 6.54 Å². The minimum atomic E-state index is 0.714. The van der Waals surface area contributed by atoms with E-state index in [1.54, 1.807) is 6.20 Å². The molecule has 0 radical (unpaired) electrons. The second-order valence-electron chi connectivity index (χ2n) is 4.55. The lowest BCUT2D eigenvalue weighted by molar-refractivity contribution is 0.572. The molecule has 5 heteroatoms. The number of hydrogen-bond acceptors (Lipinski definition) is 3. The van der Waals surface area contributed by atoms with E-state index in [0.717, 1.165) is 33.6 Å². The fraction of sp³-hybridized carbons (Fsp3) is 0.0625. The van der Waals surface area contributed by atoms with E-state index in [0.29, 0.717) is 5.02 Å². The van der Waals surface area contributed by atoms with E-state index in [4.69, 9.17) is 16.0 Å². The molecular formula is C16H12BrClN2O. The predicted octanol–water partition coefficient (Wildman–Crippen LogP) is 5.37. The Morgan fingerprint density at radius 3 is 2.86 bits per heavy atom. The number of aromatic nitrogens is 1. The normalized spacial score (nSPS) is 10.6. The molecule has 0 aliphatic rings. The van der Waals surface area contributed by atoms with Crippen LogP contribution in [0.15, 0.2) is 63.9 Å². The fourth-order valence-corrected chi connectivity index (χ4v) is 2.54. The number of oxazole rings is 1. The van der Waals surface area contributed by atoms with Crippen molar-refractivity contribution in [2.75, 3.05) is 5.32 Å². The molecule has 0 aliphatic carbocycles. The van der Waals surface area contributed by atoms with Crippen molar-refractivity contribution in [3.63, 3.8) is 0 Å². The highest BCUT2D eigenvalue weighted by Gasteiger charge is 2.03. The molecule has 0 aliphatic heterocycles. The molecule has 1 heterocycles. The van der Waals surface area contributed by atoms with Crippen molar-refractivity contribution in [3.8, 4) is 11.3 Å². The van der Waals surface area contributed by atoms with Crippen LogP contribution < -0.4 is 5.32 Å². The molecule has 21 heavy (non-hydrogen) atoms. The first kappa shape index (κ1) is 14.2. The average molecular weight is 364 g/mol. The number of anilines is 1. The lowest BCUT2D eigenvalue weighted by atomic mass is 10.1. The summed E-state index contributed by atoms with van der Waals surface area (Å²) in [4.78, 5) is 3.93. The van der Waals surface area contributed by atoms with Crippen molar-refractivity contribution < 1.29 is 4.42 Å². The molecule has 0 amide bonds. The summed E-state index contributed by atoms with van der Waals surface area (Å²) < 4.78 is 6.21. The average Bonchev–Trinajstić information content (AvgIpc) is 3.03. The topological polar surface area (TPSA) is 38.1 Å². The van der Waals surface area contributed by atoms with Gasteiger partial charge in [0.05, 0.1) is 11.2 Å². The van der Waals surface area contributed by atoms with Crippen molar-refractivity contribution in [1.82, 2.24) is 4.98 Å². The molecule has 1 aromatic heterocycles. The Hall–Kier alpha value is -1.78. The third kappa shape index (κ3) is 3.46. The molecule has 0 unspecified atom stereocenters. The Morgan fingerprint density at radius 2 is 2.10 bits per heavy atom. The van der Waals surface area contributed by atoms with Crippen LogP contribution in [0.25, 0.3) is 11.3 Å². The predicted molar refractivity (Wildman–Crippen MR) is 88.4 cm³/mol. The van der Waals surface area contributed by atoms with E-state index in [1.165, 1.54) is 6.39 Å². The van der Waals surface area contributed by atoms with Crippen LogP contribution in [-0.4, -0.2) is 4.98 Å². The standard InChI is InChI=1S/C16H12BrClN2O/c17-14-6-11(4-5-15(14)18)8-20-13-3-1-2-12(7-13)16-9-19-10-21-16/h1-7,9-10,20H,8H2. The molecule has 0 atom stereocenters. The molecule has 0 bridgehead atoms. The van der Waals surface area contributed by atoms with E-state index in [1.807, 2.05) is 42.5 Å². The largest absolute Gasteiger partial charge is 0.444 e. The van der Waals surface area contributed by atoms with Gasteiger partial charge in [-0.25, -0.2) is 4.98 Å². The summed E-state index contributed by atoms with van der Waals surface area (Å²) in [6, 6.07) is 13.9. The van der Waals surface area contributed by atoms with Gasteiger partial charge in [0.2, 0.25) is 0 Å². The smallest absolute Gasteiger partial charge is 0.181 e. The molecule has 0 saturated heterocycles. The minimum Gasteiger partial charge on any atom is -0.444 e. The van der Waals surface area contributed by atoms with Gasteiger partial charge >= 0.3 is 0 Å². The summed E-state index contributed by atoms with van der Waals surface area (Å²) in [6.07, 6.45) is 3.14. The SMILES string of the molecule is Clc1ccc(CNc2cccc(-c3cnco3)c2)cc1Br. The van der Waals surface area contributed by atoms with Crippen LogP contribution in [0.2, 0.25) is 5.02 Å². The maximum atomic E-state index is 5.99. The zero-order chi connectivity index (χ0) is 14.7. The van der Waals surface area contributed by atoms with Gasteiger partial charge in [-0.15, -0.1) is 0 Å². The molecule has 1 N–H and O–H groups in total. The van der Waals surface area contributed by atoms with Crippen LogP contribution in [0.3, 0.4) is 0 Å². The van der Waals surface area contributed by atoms with Crippen LogP contribution in [0.4, 0.5) is 5.69 Å². The second kappa shape index (κ2) is 6.33. The first-order valence-electron chi connectivity index (χ1n) is 6.39. The van der Waals surface area contributed by atoms with Gasteiger partial charge in [-0.2, -0.15) is 0 Å². The lowest BCUT2D eigenvalue weighted by Gasteiger charge is -2.08. The Bertz CT molecular complexity index is 744. The third-order valence-corrected chi connectivity index (χ3v) is 4.27. The summed E-state index contributed by atoms with van der Waals surface area (Å²) in [7, 11) is 0. The molecular weight excluding hydrogens is 352 g/mol. The lowest BCUT2D eigenvalue weighted by Crippen LogP contribution is -1.99. The highest BCUT2D eigenvalue weighted by molar-refractivity contribution is 9.10. The van der Waals surface area contributed by atoms with E-state index in [-0.39, 0.29) is 0 Å². The monoisotopic (exact) mass is 362 g/mol. The number of benzene rings is 2. The highest BCUT2D eigenvalue weighted by Crippen LogP contribution is 2.25. The van der Waals surface area contributed by atoms with Crippen molar-refractivity contribution in [3.05, 3.63) is 70.1 Å². The van der Waals surface area contributed by atoms with Gasteiger partial charge in [0.1, 0.15) is 0 Å². The Labute approximate surface area is 136 Å². The maximum Gasteiger partial charge on any atom is 0.181 e. The van der Waals surface area contributed by atoms with Crippen molar-refractivity contribution in [2.45, 2.75) is 6.54 Å². The summed E-state index contributed by atoms with van der Waals surface area (Å²) >= 11 is 9.42. The summed E-state index contributed by atoms with van der Waals surface area (Å²) in [5.74, 6) is 0.757. The molecule has 106 valence electrons. The molecule has 3 aromatic rings. The zero-order valence-corrected chi connectivity index (χ0v) is 13.4. The Balaban J connectivity index is 1.73. The first-order valence-corrected chi connectivity index (χ1v) is 7.56. The van der Waals surface area contributed by atoms with Crippen LogP contribution in [0, 0.1) is 0 Å². The van der Waals surface area contributed by atoms with E-state index < -0.39 is 0 Å². The number of rotatable bonds is 4. The van der Waals surface area contributed by atoms with Crippen LogP contribution in [0.5, 0.6) is 0 Å². The van der Waals surface area contributed by atoms with Gasteiger partial charge in [0.15, 0.2) is 12.2 Å². The maximum absolute atomic E-state index is 5.99. The van der Waals surface area contributed by atoms with Crippen molar-refractivity contribution in [2.24, 2.45) is 0 Å². The van der Waals surface area contributed by atoms with Crippen LogP contribution >= 0.6 is 27.5 Å². The summed E-state index contributed by atoms with van der Waals surface area (Å²) in [5.41, 5.74) is 3.17. The Kier molecular flexibility index (Phi) is 4.27. The number of halogens is 2. The minimum absolute atomic E-state index is 0.714. The zero-order valence-electron chi connectivity index (χ0n) is 11.0. The third-order valence-electron chi connectivity index (χ3n) is 3.06. The van der Waals surface area contributed by atoms with Gasteiger partial charge in [-0.1, -0.05) is 29.8 Å². The van der Waals surface area contributed by atoms with E-state index in [2.05, 4.69) is 26.2 Å². The van der Waals surface area contributed by atoms with E-state index >= 15 is 0 Å². The van der Waals surface area contributed by atoms with Gasteiger partial charge in [0.25, 0.3) is 0 Å². The van der Waals surface area contributed by atoms with E-state index in [9.17, 15) is 0 Å². The first-order chi connectivity index (χ1) is 10.2. The van der Waals surface area contributed by atoms with Gasteiger partial charge < -0.3 is 9.73 Å². The summed E-state index contributed by atoms with van der Waals surface area (Å²) in [6.45, 7) is 0.718. The molecule has 2 aromatic carbocycles. The second-order valence-corrected chi connectivity index (χ2v) is 5.81. The number of hydrogen-bond donors (Lipinski definition) is 1. The number of nitrogens with one attached hydrogen (secondary N) is 1. The highest BCUT2D eigenvalue weighted by atomic mass is 79.9. The van der Waals surface area contributed by atoms with Gasteiger partial charge in [-0.05, 0) is 45.8 Å².